The van der Waals surface area contributed by atoms with Crippen LogP contribution in [0, 0.1) is 20.8 Å². The molecule has 0 amide bonds. The number of carbonyl (C=O) groups excluding carboxylic acids is 1. The van der Waals surface area contributed by atoms with E-state index >= 15 is 0 Å². The number of aryl methyl sites for hydroxylation is 3. The van der Waals surface area contributed by atoms with Gasteiger partial charge in [0.05, 0.1) is 16.6 Å². The van der Waals surface area contributed by atoms with Crippen molar-refractivity contribution >= 4 is 49.5 Å². The third-order valence-corrected chi connectivity index (χ3v) is 7.27. The summed E-state index contributed by atoms with van der Waals surface area (Å²) >= 11 is 1.78. The quantitative estimate of drug-likeness (QED) is 0.313. The number of nitrogens with zero attached hydrogens (tertiary/aromatic N) is 2. The van der Waals surface area contributed by atoms with E-state index in [-0.39, 0.29) is 5.91 Å². The number of fused-ring (bicyclic) bond motifs is 4. The van der Waals surface area contributed by atoms with E-state index in [0.29, 0.717) is 0 Å². The molecule has 0 saturated heterocycles. The van der Waals surface area contributed by atoms with Crippen LogP contribution in [0.3, 0.4) is 0 Å². The Morgan fingerprint density at radius 1 is 0.967 bits per heavy atom. The maximum Gasteiger partial charge on any atom is 0.265 e. The van der Waals surface area contributed by atoms with E-state index in [0.717, 1.165) is 39.2 Å². The molecule has 0 spiro atoms. The number of carbonyl (C=O) groups is 1. The van der Waals surface area contributed by atoms with Gasteiger partial charge in [-0.2, -0.15) is 0 Å². The third kappa shape index (κ3) is 2.50. The Labute approximate surface area is 180 Å². The van der Waals surface area contributed by atoms with Gasteiger partial charge in [0.2, 0.25) is 0 Å². The highest BCUT2D eigenvalue weighted by molar-refractivity contribution is 7.19. The van der Waals surface area contributed by atoms with Crippen LogP contribution in [-0.2, 0) is 0 Å². The number of thiophene rings is 1. The van der Waals surface area contributed by atoms with Crippen LogP contribution >= 0.6 is 11.3 Å². The molecule has 0 radical (unpaired) electrons. The predicted octanol–water partition coefficient (Wildman–Crippen LogP) is 7.10. The van der Waals surface area contributed by atoms with Crippen molar-refractivity contribution in [2.75, 3.05) is 0 Å². The van der Waals surface area contributed by atoms with Gasteiger partial charge in [-0.3, -0.25) is 9.36 Å². The molecule has 4 aromatic rings. The molecule has 0 saturated carbocycles. The van der Waals surface area contributed by atoms with Crippen LogP contribution in [0.4, 0.5) is 0 Å². The summed E-state index contributed by atoms with van der Waals surface area (Å²) in [6, 6.07) is 12.6. The zero-order valence-corrected chi connectivity index (χ0v) is 19.0. The molecule has 3 heterocycles. The van der Waals surface area contributed by atoms with Gasteiger partial charge in [0.15, 0.2) is 0 Å². The molecule has 3 nitrogen and oxygen atoms in total. The third-order valence-electron chi connectivity index (χ3n) is 6.18. The number of allylic oxidation sites excluding steroid dienone is 4. The molecule has 0 N–H and O–H groups in total. The number of hydrogen-bond acceptors (Lipinski definition) is 3. The Kier molecular flexibility index (Phi) is 4.13. The van der Waals surface area contributed by atoms with Gasteiger partial charge >= 0.3 is 0 Å². The van der Waals surface area contributed by atoms with Crippen LogP contribution in [0.1, 0.15) is 53.0 Å². The van der Waals surface area contributed by atoms with Crippen molar-refractivity contribution in [3.63, 3.8) is 0 Å². The summed E-state index contributed by atoms with van der Waals surface area (Å²) in [6.45, 7) is 12.5. The lowest BCUT2D eigenvalue weighted by molar-refractivity contribution is 0.0973. The summed E-state index contributed by atoms with van der Waals surface area (Å²) in [5, 5.41) is 1.21. The van der Waals surface area contributed by atoms with Crippen LogP contribution < -0.4 is 0 Å². The van der Waals surface area contributed by atoms with E-state index in [9.17, 15) is 4.79 Å². The molecule has 150 valence electrons. The fraction of sp³-hybridized carbons (Fsp3) is 0.231. The van der Waals surface area contributed by atoms with E-state index in [1.54, 1.807) is 11.3 Å². The average Bonchev–Trinajstić information content (AvgIpc) is 3.30. The number of hydrogen-bond donors (Lipinski definition) is 0. The van der Waals surface area contributed by atoms with Crippen molar-refractivity contribution in [1.29, 1.82) is 0 Å². The number of benzene rings is 2. The molecule has 1 aliphatic heterocycles. The van der Waals surface area contributed by atoms with Gasteiger partial charge in [0, 0.05) is 20.5 Å². The van der Waals surface area contributed by atoms with E-state index in [4.69, 9.17) is 4.98 Å². The highest BCUT2D eigenvalue weighted by atomic mass is 32.1. The Balaban J connectivity index is 1.84. The SMILES string of the molecule is CC(C)=C1/C(=C(\C)c2c(C)sc3ccccc23)C(=O)n2c1nc1cc(C)c(C)cc12. The van der Waals surface area contributed by atoms with Gasteiger partial charge in [-0.05, 0) is 82.0 Å². The Morgan fingerprint density at radius 2 is 1.67 bits per heavy atom. The zero-order valence-electron chi connectivity index (χ0n) is 18.2. The molecular weight excluding hydrogens is 388 g/mol. The topological polar surface area (TPSA) is 34.9 Å². The smallest absolute Gasteiger partial charge is 0.265 e. The Bertz CT molecular complexity index is 1460. The summed E-state index contributed by atoms with van der Waals surface area (Å²) in [7, 11) is 0. The summed E-state index contributed by atoms with van der Waals surface area (Å²) in [5.41, 5.74) is 9.22. The molecule has 1 aliphatic rings. The molecule has 2 aromatic carbocycles. The molecule has 2 aromatic heterocycles. The molecule has 30 heavy (non-hydrogen) atoms. The second kappa shape index (κ2) is 6.51. The fourth-order valence-corrected chi connectivity index (χ4v) is 5.74. The van der Waals surface area contributed by atoms with Crippen molar-refractivity contribution in [1.82, 2.24) is 9.55 Å². The highest BCUT2D eigenvalue weighted by Gasteiger charge is 2.36. The average molecular weight is 413 g/mol. The number of aromatic nitrogens is 2. The zero-order chi connectivity index (χ0) is 21.3. The maximum absolute atomic E-state index is 13.8. The van der Waals surface area contributed by atoms with Gasteiger partial charge in [0.25, 0.3) is 5.91 Å². The lowest BCUT2D eigenvalue weighted by Gasteiger charge is -2.10. The molecular formula is C26H24N2OS. The largest absolute Gasteiger partial charge is 0.268 e. The minimum absolute atomic E-state index is 0.0270. The van der Waals surface area contributed by atoms with E-state index in [2.05, 4.69) is 77.9 Å². The van der Waals surface area contributed by atoms with E-state index in [1.165, 1.54) is 31.7 Å². The maximum atomic E-state index is 13.8. The van der Waals surface area contributed by atoms with Gasteiger partial charge < -0.3 is 0 Å². The monoisotopic (exact) mass is 412 g/mol. The van der Waals surface area contributed by atoms with Crippen LogP contribution in [0.15, 0.2) is 47.5 Å². The van der Waals surface area contributed by atoms with Crippen molar-refractivity contribution in [3.05, 3.63) is 74.9 Å². The summed E-state index contributed by atoms with van der Waals surface area (Å²) in [5.74, 6) is 0.797. The minimum Gasteiger partial charge on any atom is -0.268 e. The lowest BCUT2D eigenvalue weighted by atomic mass is 9.93. The molecule has 4 heteroatoms. The van der Waals surface area contributed by atoms with Crippen LogP contribution in [-0.4, -0.2) is 15.5 Å². The summed E-state index contributed by atoms with van der Waals surface area (Å²) in [4.78, 5) is 19.9. The van der Waals surface area contributed by atoms with Crippen molar-refractivity contribution in [2.24, 2.45) is 0 Å². The summed E-state index contributed by atoms with van der Waals surface area (Å²) in [6.07, 6.45) is 0. The molecule has 0 aliphatic carbocycles. The van der Waals surface area contributed by atoms with Gasteiger partial charge in [-0.15, -0.1) is 11.3 Å². The summed E-state index contributed by atoms with van der Waals surface area (Å²) < 4.78 is 3.07. The second-order valence-corrected chi connectivity index (χ2v) is 9.66. The van der Waals surface area contributed by atoms with Crippen LogP contribution in [0.25, 0.3) is 32.3 Å². The molecule has 0 unspecified atom stereocenters. The van der Waals surface area contributed by atoms with E-state index in [1.807, 2.05) is 4.57 Å². The molecule has 0 fully saturated rings. The van der Waals surface area contributed by atoms with Crippen molar-refractivity contribution in [3.8, 4) is 0 Å². The lowest BCUT2D eigenvalue weighted by Crippen LogP contribution is -2.07. The first-order valence-corrected chi connectivity index (χ1v) is 11.0. The Morgan fingerprint density at radius 3 is 2.40 bits per heavy atom. The van der Waals surface area contributed by atoms with E-state index < -0.39 is 0 Å². The van der Waals surface area contributed by atoms with Gasteiger partial charge in [0.1, 0.15) is 5.82 Å². The molecule has 0 atom stereocenters. The number of rotatable bonds is 1. The van der Waals surface area contributed by atoms with Gasteiger partial charge in [-0.1, -0.05) is 23.8 Å². The predicted molar refractivity (Wildman–Crippen MR) is 127 cm³/mol. The minimum atomic E-state index is 0.0270. The molecule has 0 bridgehead atoms. The highest BCUT2D eigenvalue weighted by Crippen LogP contribution is 2.44. The Hall–Kier alpha value is -2.98. The second-order valence-electron chi connectivity index (χ2n) is 8.41. The fourth-order valence-electron chi connectivity index (χ4n) is 4.62. The first-order valence-electron chi connectivity index (χ1n) is 10.2. The first kappa shape index (κ1) is 19.0. The standard InChI is InChI=1S/C26H24N2OS/c1-13(2)22-24(16(5)23-17(6)30-21-10-8-7-9-18(21)23)26(29)28-20-12-15(4)14(3)11-19(20)27-25(22)28/h7-12H,1-6H3/b24-16-. The van der Waals surface area contributed by atoms with Crippen LogP contribution in [0.5, 0.6) is 0 Å². The number of imidazole rings is 1. The van der Waals surface area contributed by atoms with Crippen molar-refractivity contribution < 1.29 is 4.79 Å². The molecule has 5 rings (SSSR count). The van der Waals surface area contributed by atoms with Gasteiger partial charge in [-0.25, -0.2) is 4.98 Å². The first-order chi connectivity index (χ1) is 14.3. The normalized spacial score (nSPS) is 15.4. The van der Waals surface area contributed by atoms with Crippen molar-refractivity contribution in [2.45, 2.75) is 41.5 Å². The van der Waals surface area contributed by atoms with Crippen LogP contribution in [0.2, 0.25) is 0 Å².